The molecule has 2 nitrogen and oxygen atoms in total. The number of rotatable bonds is 3. The Balaban J connectivity index is 2.39. The fraction of sp³-hybridized carbons (Fsp3) is 0.143. The minimum absolute atomic E-state index is 0.510. The maximum absolute atomic E-state index is 6.19. The van der Waals surface area contributed by atoms with Gasteiger partial charge in [0.05, 0.1) is 12.1 Å². The van der Waals surface area contributed by atoms with E-state index < -0.39 is 12.1 Å². The average molecular weight is 350 g/mol. The molecule has 0 aliphatic carbocycles. The van der Waals surface area contributed by atoms with Gasteiger partial charge in [0.15, 0.2) is 0 Å². The highest BCUT2D eigenvalue weighted by atomic mass is 35.5. The van der Waals surface area contributed by atoms with Gasteiger partial charge in [-0.2, -0.15) is 0 Å². The summed E-state index contributed by atoms with van der Waals surface area (Å²) in [5, 5.41) is 2.11. The fourth-order valence-electron chi connectivity index (χ4n) is 1.93. The second-order valence-electron chi connectivity index (χ2n) is 4.38. The molecule has 20 heavy (non-hydrogen) atoms. The van der Waals surface area contributed by atoms with Gasteiger partial charge < -0.3 is 11.5 Å². The number of hydrogen-bond acceptors (Lipinski definition) is 2. The van der Waals surface area contributed by atoms with Crippen molar-refractivity contribution < 1.29 is 0 Å². The molecule has 0 bridgehead atoms. The Morgan fingerprint density at radius 2 is 1.00 bits per heavy atom. The molecule has 2 unspecified atom stereocenters. The first-order valence-corrected chi connectivity index (χ1v) is 7.32. The van der Waals surface area contributed by atoms with E-state index in [1.54, 1.807) is 36.4 Å². The number of nitrogens with two attached hydrogens (primary N) is 2. The van der Waals surface area contributed by atoms with E-state index >= 15 is 0 Å². The third-order valence-electron chi connectivity index (χ3n) is 3.02. The summed E-state index contributed by atoms with van der Waals surface area (Å²) in [4.78, 5) is 0. The Hall–Kier alpha value is -0.480. The van der Waals surface area contributed by atoms with Crippen molar-refractivity contribution in [3.63, 3.8) is 0 Å². The van der Waals surface area contributed by atoms with E-state index in [1.807, 2.05) is 0 Å². The summed E-state index contributed by atoms with van der Waals surface area (Å²) in [5.74, 6) is 0. The molecule has 4 N–H and O–H groups in total. The van der Waals surface area contributed by atoms with Crippen molar-refractivity contribution in [2.75, 3.05) is 0 Å². The highest BCUT2D eigenvalue weighted by Gasteiger charge is 2.22. The zero-order valence-electron chi connectivity index (χ0n) is 10.3. The zero-order chi connectivity index (χ0) is 14.9. The van der Waals surface area contributed by atoms with Crippen LogP contribution in [-0.4, -0.2) is 0 Å². The molecule has 2 rings (SSSR count). The maximum atomic E-state index is 6.19. The Morgan fingerprint density at radius 1 is 0.650 bits per heavy atom. The van der Waals surface area contributed by atoms with Crippen molar-refractivity contribution in [3.05, 3.63) is 67.6 Å². The largest absolute Gasteiger partial charge is 0.322 e. The van der Waals surface area contributed by atoms with Crippen LogP contribution in [0.2, 0.25) is 20.1 Å². The summed E-state index contributed by atoms with van der Waals surface area (Å²) in [6.45, 7) is 0. The van der Waals surface area contributed by atoms with Crippen LogP contribution in [0.4, 0.5) is 0 Å². The lowest BCUT2D eigenvalue weighted by molar-refractivity contribution is 0.575. The van der Waals surface area contributed by atoms with Crippen molar-refractivity contribution in [2.45, 2.75) is 12.1 Å². The standard InChI is InChI=1S/C14H12Cl4N2/c15-7-1-3-11(17)9(5-7)13(19)14(20)10-6-8(16)2-4-12(10)18/h1-6,13-14H,19-20H2. The molecule has 0 aromatic heterocycles. The summed E-state index contributed by atoms with van der Waals surface area (Å²) in [6, 6.07) is 9.07. The van der Waals surface area contributed by atoms with Gasteiger partial charge in [-0.3, -0.25) is 0 Å². The van der Waals surface area contributed by atoms with E-state index in [9.17, 15) is 0 Å². The van der Waals surface area contributed by atoms with Crippen molar-refractivity contribution in [3.8, 4) is 0 Å². The van der Waals surface area contributed by atoms with Crippen molar-refractivity contribution in [1.29, 1.82) is 0 Å². The van der Waals surface area contributed by atoms with Gasteiger partial charge in [-0.1, -0.05) is 46.4 Å². The monoisotopic (exact) mass is 348 g/mol. The van der Waals surface area contributed by atoms with Crippen LogP contribution in [0.1, 0.15) is 23.2 Å². The topological polar surface area (TPSA) is 52.0 Å². The first-order chi connectivity index (χ1) is 9.40. The van der Waals surface area contributed by atoms with Crippen LogP contribution in [0.3, 0.4) is 0 Å². The molecule has 0 amide bonds. The van der Waals surface area contributed by atoms with Crippen LogP contribution in [0, 0.1) is 0 Å². The lowest BCUT2D eigenvalue weighted by atomic mass is 9.95. The minimum atomic E-state index is -0.544. The molecule has 0 radical (unpaired) electrons. The maximum Gasteiger partial charge on any atom is 0.0507 e. The molecule has 0 aliphatic rings. The number of benzene rings is 2. The first-order valence-electron chi connectivity index (χ1n) is 5.81. The molecular formula is C14H12Cl4N2. The van der Waals surface area contributed by atoms with E-state index in [0.717, 1.165) is 0 Å². The minimum Gasteiger partial charge on any atom is -0.322 e. The summed E-state index contributed by atoms with van der Waals surface area (Å²) in [6.07, 6.45) is 0. The number of halogens is 4. The quantitative estimate of drug-likeness (QED) is 0.819. The smallest absolute Gasteiger partial charge is 0.0507 e. The highest BCUT2D eigenvalue weighted by molar-refractivity contribution is 6.34. The summed E-state index contributed by atoms with van der Waals surface area (Å²) in [7, 11) is 0. The van der Waals surface area contributed by atoms with E-state index in [1.165, 1.54) is 0 Å². The SMILES string of the molecule is NC(c1cc(Cl)ccc1Cl)C(N)c1cc(Cl)ccc1Cl. The van der Waals surface area contributed by atoms with Crippen molar-refractivity contribution in [2.24, 2.45) is 11.5 Å². The van der Waals surface area contributed by atoms with Gasteiger partial charge in [0.1, 0.15) is 0 Å². The predicted octanol–water partition coefficient (Wildman–Crippen LogP) is 5.00. The summed E-state index contributed by atoms with van der Waals surface area (Å²) >= 11 is 24.2. The summed E-state index contributed by atoms with van der Waals surface area (Å²) in [5.41, 5.74) is 13.7. The second kappa shape index (κ2) is 6.52. The van der Waals surface area contributed by atoms with E-state index in [0.29, 0.717) is 31.2 Å². The molecule has 0 fully saturated rings. The molecule has 2 atom stereocenters. The predicted molar refractivity (Wildman–Crippen MR) is 86.8 cm³/mol. The average Bonchev–Trinajstić information content (AvgIpc) is 2.42. The molecule has 0 aliphatic heterocycles. The molecule has 2 aromatic carbocycles. The first kappa shape index (κ1) is 15.9. The lowest BCUT2D eigenvalue weighted by Crippen LogP contribution is -2.27. The molecule has 0 spiro atoms. The van der Waals surface area contributed by atoms with Crippen LogP contribution in [0.25, 0.3) is 0 Å². The van der Waals surface area contributed by atoms with E-state index in [-0.39, 0.29) is 0 Å². The molecule has 0 saturated carbocycles. The highest BCUT2D eigenvalue weighted by Crippen LogP contribution is 2.35. The summed E-state index contributed by atoms with van der Waals surface area (Å²) < 4.78 is 0. The van der Waals surface area contributed by atoms with Crippen LogP contribution in [0.15, 0.2) is 36.4 Å². The molecule has 2 aromatic rings. The van der Waals surface area contributed by atoms with Crippen LogP contribution in [0.5, 0.6) is 0 Å². The fourth-order valence-corrected chi connectivity index (χ4v) is 2.78. The molecule has 106 valence electrons. The Kier molecular flexibility index (Phi) is 5.19. The third kappa shape index (κ3) is 3.40. The molecular weight excluding hydrogens is 338 g/mol. The molecule has 0 heterocycles. The Bertz CT molecular complexity index is 575. The number of hydrogen-bond donors (Lipinski definition) is 2. The third-order valence-corrected chi connectivity index (χ3v) is 4.18. The van der Waals surface area contributed by atoms with Crippen LogP contribution >= 0.6 is 46.4 Å². The second-order valence-corrected chi connectivity index (χ2v) is 6.07. The molecule has 6 heteroatoms. The van der Waals surface area contributed by atoms with Gasteiger partial charge in [-0.05, 0) is 47.5 Å². The Labute approximate surface area is 137 Å². The van der Waals surface area contributed by atoms with Crippen molar-refractivity contribution in [1.82, 2.24) is 0 Å². The van der Waals surface area contributed by atoms with Gasteiger partial charge in [0, 0.05) is 20.1 Å². The van der Waals surface area contributed by atoms with Gasteiger partial charge in [0.2, 0.25) is 0 Å². The van der Waals surface area contributed by atoms with E-state index in [2.05, 4.69) is 0 Å². The van der Waals surface area contributed by atoms with Crippen LogP contribution < -0.4 is 11.5 Å². The van der Waals surface area contributed by atoms with E-state index in [4.69, 9.17) is 57.9 Å². The van der Waals surface area contributed by atoms with Crippen LogP contribution in [-0.2, 0) is 0 Å². The van der Waals surface area contributed by atoms with Gasteiger partial charge >= 0.3 is 0 Å². The Morgan fingerprint density at radius 3 is 1.35 bits per heavy atom. The normalized spacial score (nSPS) is 14.1. The van der Waals surface area contributed by atoms with Gasteiger partial charge in [-0.15, -0.1) is 0 Å². The van der Waals surface area contributed by atoms with Gasteiger partial charge in [-0.25, -0.2) is 0 Å². The zero-order valence-corrected chi connectivity index (χ0v) is 13.3. The van der Waals surface area contributed by atoms with Crippen molar-refractivity contribution >= 4 is 46.4 Å². The molecule has 0 saturated heterocycles. The van der Waals surface area contributed by atoms with Gasteiger partial charge in [0.25, 0.3) is 0 Å². The lowest BCUT2D eigenvalue weighted by Gasteiger charge is -2.23.